The lowest BCUT2D eigenvalue weighted by atomic mass is 10.0. The second-order valence-electron chi connectivity index (χ2n) is 4.06. The molecule has 0 aliphatic heterocycles. The van der Waals surface area contributed by atoms with Gasteiger partial charge in [-0.2, -0.15) is 0 Å². The Morgan fingerprint density at radius 2 is 1.65 bits per heavy atom. The third-order valence-electron chi connectivity index (χ3n) is 2.95. The molecule has 4 nitrogen and oxygen atoms in total. The Labute approximate surface area is 100 Å². The molecule has 0 aromatic heterocycles. The lowest BCUT2D eigenvalue weighted by Gasteiger charge is -2.14. The summed E-state index contributed by atoms with van der Waals surface area (Å²) in [6.07, 6.45) is 2.29. The Bertz CT molecular complexity index is 410. The molecule has 0 amide bonds. The van der Waals surface area contributed by atoms with Crippen molar-refractivity contribution in [3.63, 3.8) is 0 Å². The maximum atomic E-state index is 11.5. The van der Waals surface area contributed by atoms with Crippen LogP contribution in [0.4, 0.5) is 0 Å². The van der Waals surface area contributed by atoms with E-state index in [1.165, 1.54) is 7.11 Å². The predicted molar refractivity (Wildman–Crippen MR) is 62.9 cm³/mol. The monoisotopic (exact) mass is 236 g/mol. The highest BCUT2D eigenvalue weighted by Gasteiger charge is 2.31. The molecule has 4 heteroatoms. The summed E-state index contributed by atoms with van der Waals surface area (Å²) >= 11 is 0. The Hall–Kier alpha value is -1.71. The van der Waals surface area contributed by atoms with Crippen molar-refractivity contribution in [3.05, 3.63) is 23.3 Å². The van der Waals surface area contributed by atoms with Crippen LogP contribution >= 0.6 is 0 Å². The van der Waals surface area contributed by atoms with Crippen molar-refractivity contribution in [1.29, 1.82) is 0 Å². The standard InChI is InChI=1S/C13H16O4/c1-15-10-6-9(13(14)17-3)7-11(16-2)12(10)8-4-5-8/h6-8H,4-5H2,1-3H3. The summed E-state index contributed by atoms with van der Waals surface area (Å²) < 4.78 is 15.4. The topological polar surface area (TPSA) is 44.8 Å². The number of rotatable bonds is 4. The van der Waals surface area contributed by atoms with Crippen molar-refractivity contribution in [2.45, 2.75) is 18.8 Å². The van der Waals surface area contributed by atoms with Gasteiger partial charge in [-0.1, -0.05) is 0 Å². The summed E-state index contributed by atoms with van der Waals surface area (Å²) in [4.78, 5) is 11.5. The van der Waals surface area contributed by atoms with E-state index in [0.717, 1.165) is 18.4 Å². The zero-order chi connectivity index (χ0) is 12.4. The summed E-state index contributed by atoms with van der Waals surface area (Å²) in [5, 5.41) is 0. The molecule has 1 aromatic rings. The van der Waals surface area contributed by atoms with E-state index in [-0.39, 0.29) is 5.97 Å². The molecule has 1 aromatic carbocycles. The molecule has 1 fully saturated rings. The van der Waals surface area contributed by atoms with Gasteiger partial charge in [-0.25, -0.2) is 4.79 Å². The molecule has 0 spiro atoms. The molecule has 0 N–H and O–H groups in total. The van der Waals surface area contributed by atoms with Crippen LogP contribution in [0.1, 0.15) is 34.7 Å². The maximum absolute atomic E-state index is 11.5. The minimum Gasteiger partial charge on any atom is -0.496 e. The van der Waals surface area contributed by atoms with Crippen LogP contribution in [0.5, 0.6) is 11.5 Å². The maximum Gasteiger partial charge on any atom is 0.338 e. The van der Waals surface area contributed by atoms with Crippen molar-refractivity contribution in [1.82, 2.24) is 0 Å². The number of ether oxygens (including phenoxy) is 3. The molecule has 0 heterocycles. The Balaban J connectivity index is 2.49. The van der Waals surface area contributed by atoms with E-state index in [1.54, 1.807) is 26.4 Å². The van der Waals surface area contributed by atoms with E-state index in [1.807, 2.05) is 0 Å². The number of carbonyl (C=O) groups is 1. The van der Waals surface area contributed by atoms with E-state index < -0.39 is 0 Å². The molecule has 1 aliphatic carbocycles. The van der Waals surface area contributed by atoms with E-state index in [4.69, 9.17) is 14.2 Å². The normalized spacial score (nSPS) is 14.3. The fourth-order valence-electron chi connectivity index (χ4n) is 1.95. The molecule has 1 aliphatic rings. The minimum atomic E-state index is -0.385. The van der Waals surface area contributed by atoms with E-state index >= 15 is 0 Å². The van der Waals surface area contributed by atoms with Crippen LogP contribution in [-0.2, 0) is 4.74 Å². The van der Waals surface area contributed by atoms with Gasteiger partial charge >= 0.3 is 5.97 Å². The van der Waals surface area contributed by atoms with Crippen LogP contribution in [0.2, 0.25) is 0 Å². The third kappa shape index (κ3) is 2.20. The first kappa shape index (κ1) is 11.8. The Morgan fingerprint density at radius 1 is 1.12 bits per heavy atom. The average Bonchev–Trinajstić information content (AvgIpc) is 3.20. The van der Waals surface area contributed by atoms with Gasteiger partial charge in [-0.3, -0.25) is 0 Å². The highest BCUT2D eigenvalue weighted by atomic mass is 16.5. The lowest BCUT2D eigenvalue weighted by molar-refractivity contribution is 0.0600. The molecule has 0 unspecified atom stereocenters. The Kier molecular flexibility index (Phi) is 3.22. The van der Waals surface area contributed by atoms with Crippen LogP contribution < -0.4 is 9.47 Å². The number of carbonyl (C=O) groups excluding carboxylic acids is 1. The second-order valence-corrected chi connectivity index (χ2v) is 4.06. The van der Waals surface area contributed by atoms with Gasteiger partial charge in [0.05, 0.1) is 26.9 Å². The minimum absolute atomic E-state index is 0.385. The molecule has 0 atom stereocenters. The molecule has 2 rings (SSSR count). The summed E-state index contributed by atoms with van der Waals surface area (Å²) in [6, 6.07) is 3.42. The summed E-state index contributed by atoms with van der Waals surface area (Å²) in [5.74, 6) is 1.51. The van der Waals surface area contributed by atoms with Gasteiger partial charge in [0.1, 0.15) is 11.5 Å². The van der Waals surface area contributed by atoms with Gasteiger partial charge in [0, 0.05) is 5.56 Å². The summed E-state index contributed by atoms with van der Waals surface area (Å²) in [6.45, 7) is 0. The Morgan fingerprint density at radius 3 is 2.00 bits per heavy atom. The lowest BCUT2D eigenvalue weighted by Crippen LogP contribution is -2.04. The van der Waals surface area contributed by atoms with E-state index in [0.29, 0.717) is 23.0 Å². The quantitative estimate of drug-likeness (QED) is 0.753. The summed E-state index contributed by atoms with van der Waals surface area (Å²) in [7, 11) is 4.56. The molecule has 1 saturated carbocycles. The molecule has 92 valence electrons. The molecule has 17 heavy (non-hydrogen) atoms. The van der Waals surface area contributed by atoms with Crippen LogP contribution in [0.3, 0.4) is 0 Å². The number of hydrogen-bond donors (Lipinski definition) is 0. The number of benzene rings is 1. The highest BCUT2D eigenvalue weighted by molar-refractivity contribution is 5.90. The van der Waals surface area contributed by atoms with E-state index in [2.05, 4.69) is 0 Å². The molecule has 0 saturated heterocycles. The van der Waals surface area contributed by atoms with Crippen molar-refractivity contribution in [2.24, 2.45) is 0 Å². The van der Waals surface area contributed by atoms with Crippen LogP contribution in [0.15, 0.2) is 12.1 Å². The first-order valence-electron chi connectivity index (χ1n) is 5.55. The van der Waals surface area contributed by atoms with Crippen molar-refractivity contribution >= 4 is 5.97 Å². The van der Waals surface area contributed by atoms with Gasteiger partial charge < -0.3 is 14.2 Å². The van der Waals surface area contributed by atoms with Crippen LogP contribution in [0, 0.1) is 0 Å². The fourth-order valence-corrected chi connectivity index (χ4v) is 1.95. The SMILES string of the molecule is COC(=O)c1cc(OC)c(C2CC2)c(OC)c1. The number of esters is 1. The van der Waals surface area contributed by atoms with Crippen molar-refractivity contribution in [3.8, 4) is 11.5 Å². The van der Waals surface area contributed by atoms with Gasteiger partial charge in [-0.15, -0.1) is 0 Å². The number of methoxy groups -OCH3 is 3. The van der Waals surface area contributed by atoms with Gasteiger partial charge in [0.15, 0.2) is 0 Å². The zero-order valence-corrected chi connectivity index (χ0v) is 10.3. The molecule has 0 radical (unpaired) electrons. The molecule has 0 bridgehead atoms. The zero-order valence-electron chi connectivity index (χ0n) is 10.3. The van der Waals surface area contributed by atoms with Crippen LogP contribution in [0.25, 0.3) is 0 Å². The van der Waals surface area contributed by atoms with Gasteiger partial charge in [0.25, 0.3) is 0 Å². The third-order valence-corrected chi connectivity index (χ3v) is 2.95. The van der Waals surface area contributed by atoms with Gasteiger partial charge in [0.2, 0.25) is 0 Å². The average molecular weight is 236 g/mol. The largest absolute Gasteiger partial charge is 0.496 e. The van der Waals surface area contributed by atoms with Gasteiger partial charge in [-0.05, 0) is 30.9 Å². The van der Waals surface area contributed by atoms with Crippen molar-refractivity contribution in [2.75, 3.05) is 21.3 Å². The van der Waals surface area contributed by atoms with Crippen LogP contribution in [-0.4, -0.2) is 27.3 Å². The highest BCUT2D eigenvalue weighted by Crippen LogP contribution is 2.49. The smallest absolute Gasteiger partial charge is 0.338 e. The fraction of sp³-hybridized carbons (Fsp3) is 0.462. The second kappa shape index (κ2) is 4.65. The number of hydrogen-bond acceptors (Lipinski definition) is 4. The van der Waals surface area contributed by atoms with E-state index in [9.17, 15) is 4.79 Å². The first-order chi connectivity index (χ1) is 8.21. The van der Waals surface area contributed by atoms with Crippen molar-refractivity contribution < 1.29 is 19.0 Å². The first-order valence-corrected chi connectivity index (χ1v) is 5.55. The molecular formula is C13H16O4. The molecular weight excluding hydrogens is 220 g/mol. The summed E-state index contributed by atoms with van der Waals surface area (Å²) in [5.41, 5.74) is 1.51. The predicted octanol–water partition coefficient (Wildman–Crippen LogP) is 2.37.